The molecule has 0 atom stereocenters. The molecule has 0 aliphatic carbocycles. The Morgan fingerprint density at radius 1 is 1.64 bits per heavy atom. The summed E-state index contributed by atoms with van der Waals surface area (Å²) >= 11 is 0. The van der Waals surface area contributed by atoms with Crippen LogP contribution < -0.4 is 0 Å². The molecular weight excluding hydrogens is 143 g/mol. The summed E-state index contributed by atoms with van der Waals surface area (Å²) in [5.41, 5.74) is 0.793. The third-order valence-corrected chi connectivity index (χ3v) is 1.64. The molecule has 0 fully saturated rings. The van der Waals surface area contributed by atoms with Crippen molar-refractivity contribution in [1.29, 1.82) is 0 Å². The average Bonchev–Trinajstić information content (AvgIpc) is 2.33. The van der Waals surface area contributed by atoms with E-state index < -0.39 is 0 Å². The smallest absolute Gasteiger partial charge is 0.133 e. The highest BCUT2D eigenvalue weighted by atomic mass is 19.1. The van der Waals surface area contributed by atoms with E-state index in [-0.39, 0.29) is 5.82 Å². The van der Waals surface area contributed by atoms with Crippen LogP contribution in [0.3, 0.4) is 0 Å². The molecule has 0 N–H and O–H groups in total. The van der Waals surface area contributed by atoms with E-state index in [4.69, 9.17) is 0 Å². The fourth-order valence-corrected chi connectivity index (χ4v) is 1.06. The lowest BCUT2D eigenvalue weighted by atomic mass is 10.2. The monoisotopic (exact) mass is 149 g/mol. The Bertz CT molecular complexity index is 392. The maximum atomic E-state index is 12.6. The molecule has 55 valence electrons. The van der Waals surface area contributed by atoms with Crippen LogP contribution in [0.25, 0.3) is 10.9 Å². The van der Waals surface area contributed by atoms with Crippen molar-refractivity contribution in [2.75, 3.05) is 0 Å². The summed E-state index contributed by atoms with van der Waals surface area (Å²) < 4.78 is 14.2. The number of aromatic nitrogens is 2. The standard InChI is InChI=1S/C8H6FN2/c1-11-8-4-7(9)3-2-6(8)5-10-11/h2,4-5H,1H3. The normalized spacial score (nSPS) is 10.7. The summed E-state index contributed by atoms with van der Waals surface area (Å²) in [6.45, 7) is 0. The van der Waals surface area contributed by atoms with Gasteiger partial charge in [0.25, 0.3) is 0 Å². The van der Waals surface area contributed by atoms with Gasteiger partial charge in [0.2, 0.25) is 0 Å². The van der Waals surface area contributed by atoms with E-state index in [2.05, 4.69) is 11.2 Å². The molecule has 1 radical (unpaired) electrons. The van der Waals surface area contributed by atoms with Gasteiger partial charge in [0.05, 0.1) is 11.7 Å². The molecule has 11 heavy (non-hydrogen) atoms. The number of hydrogen-bond donors (Lipinski definition) is 0. The van der Waals surface area contributed by atoms with Crippen molar-refractivity contribution in [2.45, 2.75) is 0 Å². The van der Waals surface area contributed by atoms with Crippen LogP contribution in [0.2, 0.25) is 0 Å². The Hall–Kier alpha value is -1.38. The van der Waals surface area contributed by atoms with E-state index in [1.165, 1.54) is 6.07 Å². The Balaban J connectivity index is 2.87. The van der Waals surface area contributed by atoms with E-state index in [9.17, 15) is 4.39 Å². The minimum atomic E-state index is -0.346. The minimum Gasteiger partial charge on any atom is -0.268 e. The summed E-state index contributed by atoms with van der Waals surface area (Å²) in [6.07, 6.45) is 1.69. The first-order valence-corrected chi connectivity index (χ1v) is 3.26. The van der Waals surface area contributed by atoms with E-state index in [0.29, 0.717) is 0 Å². The van der Waals surface area contributed by atoms with Crippen molar-refractivity contribution in [1.82, 2.24) is 9.78 Å². The average molecular weight is 149 g/mol. The second-order valence-electron chi connectivity index (χ2n) is 2.39. The van der Waals surface area contributed by atoms with Crippen LogP contribution in [0.15, 0.2) is 18.3 Å². The minimum absolute atomic E-state index is 0.346. The van der Waals surface area contributed by atoms with Gasteiger partial charge in [0.15, 0.2) is 0 Å². The summed E-state index contributed by atoms with van der Waals surface area (Å²) in [5.74, 6) is -0.346. The number of nitrogens with zero attached hydrogens (tertiary/aromatic N) is 2. The second kappa shape index (κ2) is 2.05. The predicted octanol–water partition coefficient (Wildman–Crippen LogP) is 1.51. The fraction of sp³-hybridized carbons (Fsp3) is 0.125. The van der Waals surface area contributed by atoms with Gasteiger partial charge >= 0.3 is 0 Å². The lowest BCUT2D eigenvalue weighted by Gasteiger charge is -1.91. The first-order chi connectivity index (χ1) is 5.27. The zero-order valence-corrected chi connectivity index (χ0v) is 6.00. The van der Waals surface area contributed by atoms with E-state index in [1.807, 2.05) is 0 Å². The molecule has 1 aromatic heterocycles. The van der Waals surface area contributed by atoms with Gasteiger partial charge in [-0.2, -0.15) is 5.10 Å². The van der Waals surface area contributed by atoms with Crippen LogP contribution in [0.4, 0.5) is 4.39 Å². The highest BCUT2D eigenvalue weighted by Gasteiger charge is 1.99. The lowest BCUT2D eigenvalue weighted by Crippen LogP contribution is -1.88. The number of halogens is 1. The van der Waals surface area contributed by atoms with E-state index >= 15 is 0 Å². The van der Waals surface area contributed by atoms with Crippen LogP contribution in [-0.4, -0.2) is 9.78 Å². The highest BCUT2D eigenvalue weighted by molar-refractivity contribution is 5.78. The molecule has 0 saturated carbocycles. The first kappa shape index (κ1) is 6.34. The maximum Gasteiger partial charge on any atom is 0.133 e. The third kappa shape index (κ3) is 0.888. The number of hydrogen-bond acceptors (Lipinski definition) is 1. The Labute approximate surface area is 63.3 Å². The fourth-order valence-electron chi connectivity index (χ4n) is 1.06. The molecule has 2 rings (SSSR count). The van der Waals surface area contributed by atoms with Crippen LogP contribution >= 0.6 is 0 Å². The molecule has 0 amide bonds. The van der Waals surface area contributed by atoms with E-state index in [1.54, 1.807) is 24.0 Å². The van der Waals surface area contributed by atoms with Crippen molar-refractivity contribution in [2.24, 2.45) is 7.05 Å². The molecule has 2 nitrogen and oxygen atoms in total. The number of rotatable bonds is 0. The molecule has 0 aliphatic heterocycles. The molecule has 0 saturated heterocycles. The van der Waals surface area contributed by atoms with Crippen molar-refractivity contribution >= 4 is 10.9 Å². The van der Waals surface area contributed by atoms with Crippen molar-refractivity contribution in [3.8, 4) is 0 Å². The Morgan fingerprint density at radius 3 is 3.27 bits per heavy atom. The van der Waals surface area contributed by atoms with Gasteiger partial charge in [0, 0.05) is 24.6 Å². The summed E-state index contributed by atoms with van der Waals surface area (Å²) in [7, 11) is 1.78. The molecule has 2 aromatic rings. The molecule has 1 heterocycles. The predicted molar refractivity (Wildman–Crippen MR) is 39.5 cm³/mol. The quantitative estimate of drug-likeness (QED) is 0.555. The molecule has 0 bridgehead atoms. The second-order valence-corrected chi connectivity index (χ2v) is 2.39. The van der Waals surface area contributed by atoms with Crippen molar-refractivity contribution in [3.05, 3.63) is 30.2 Å². The van der Waals surface area contributed by atoms with Gasteiger partial charge < -0.3 is 0 Å². The lowest BCUT2D eigenvalue weighted by molar-refractivity contribution is 0.626. The Kier molecular flexibility index (Phi) is 1.18. The Morgan fingerprint density at radius 2 is 2.45 bits per heavy atom. The summed E-state index contributed by atoms with van der Waals surface area (Å²) in [5, 5.41) is 4.88. The summed E-state index contributed by atoms with van der Waals surface area (Å²) in [4.78, 5) is 0. The highest BCUT2D eigenvalue weighted by Crippen LogP contribution is 2.12. The number of fused-ring (bicyclic) bond motifs is 1. The maximum absolute atomic E-state index is 12.6. The molecule has 0 spiro atoms. The van der Waals surface area contributed by atoms with Crippen molar-refractivity contribution in [3.63, 3.8) is 0 Å². The molecule has 3 heteroatoms. The van der Waals surface area contributed by atoms with Crippen LogP contribution in [0.5, 0.6) is 0 Å². The number of aryl methyl sites for hydroxylation is 1. The van der Waals surface area contributed by atoms with Gasteiger partial charge in [-0.15, -0.1) is 0 Å². The third-order valence-electron chi connectivity index (χ3n) is 1.64. The molecular formula is C8H6FN2. The van der Waals surface area contributed by atoms with Gasteiger partial charge in [-0.05, 0) is 6.07 Å². The van der Waals surface area contributed by atoms with Crippen LogP contribution in [0, 0.1) is 11.9 Å². The van der Waals surface area contributed by atoms with Crippen molar-refractivity contribution < 1.29 is 4.39 Å². The van der Waals surface area contributed by atoms with Gasteiger partial charge in [-0.3, -0.25) is 4.68 Å². The zero-order chi connectivity index (χ0) is 7.84. The SMILES string of the molecule is Cn1ncc2c[c]c(F)cc21. The van der Waals surface area contributed by atoms with Crippen LogP contribution in [-0.2, 0) is 7.05 Å². The molecule has 0 unspecified atom stereocenters. The largest absolute Gasteiger partial charge is 0.268 e. The number of benzene rings is 1. The van der Waals surface area contributed by atoms with E-state index in [0.717, 1.165) is 10.9 Å². The zero-order valence-electron chi connectivity index (χ0n) is 6.00. The summed E-state index contributed by atoms with van der Waals surface area (Å²) in [6, 6.07) is 5.48. The molecule has 1 aromatic carbocycles. The first-order valence-electron chi connectivity index (χ1n) is 3.26. The topological polar surface area (TPSA) is 17.8 Å². The van der Waals surface area contributed by atoms with Gasteiger partial charge in [-0.25, -0.2) is 4.39 Å². The van der Waals surface area contributed by atoms with Gasteiger partial charge in [-0.1, -0.05) is 0 Å². The molecule has 0 aliphatic rings. The van der Waals surface area contributed by atoms with Gasteiger partial charge in [0.1, 0.15) is 5.82 Å². The van der Waals surface area contributed by atoms with Crippen LogP contribution in [0.1, 0.15) is 0 Å².